The van der Waals surface area contributed by atoms with Crippen LogP contribution in [-0.4, -0.2) is 37.4 Å². The van der Waals surface area contributed by atoms with Crippen LogP contribution in [0.2, 0.25) is 0 Å². The van der Waals surface area contributed by atoms with Crippen molar-refractivity contribution in [1.29, 1.82) is 0 Å². The summed E-state index contributed by atoms with van der Waals surface area (Å²) in [6, 6.07) is 9.03. The van der Waals surface area contributed by atoms with Crippen LogP contribution in [0.1, 0.15) is 38.7 Å². The molecule has 1 N–H and O–H groups in total. The van der Waals surface area contributed by atoms with Gasteiger partial charge in [0.05, 0.1) is 18.0 Å². The van der Waals surface area contributed by atoms with Crippen molar-refractivity contribution < 1.29 is 22.7 Å². The number of methoxy groups -OCH3 is 1. The highest BCUT2D eigenvalue weighted by Crippen LogP contribution is 2.42. The summed E-state index contributed by atoms with van der Waals surface area (Å²) in [5.74, 6) is -2.68. The Balaban J connectivity index is 2.13. The molecule has 0 spiro atoms. The first-order valence-corrected chi connectivity index (χ1v) is 10.7. The van der Waals surface area contributed by atoms with Gasteiger partial charge in [0.1, 0.15) is 17.2 Å². The predicted octanol–water partition coefficient (Wildman–Crippen LogP) is 4.66. The van der Waals surface area contributed by atoms with Crippen LogP contribution >= 0.6 is 0 Å². The lowest BCUT2D eigenvalue weighted by Gasteiger charge is -2.37. The third-order valence-corrected chi connectivity index (χ3v) is 5.83. The summed E-state index contributed by atoms with van der Waals surface area (Å²) in [6.07, 6.45) is 2.31. The number of carbonyl (C=O) groups is 1. The number of rotatable bonds is 9. The summed E-state index contributed by atoms with van der Waals surface area (Å²) in [7, 11) is 1.53. The second-order valence-electron chi connectivity index (χ2n) is 7.99. The van der Waals surface area contributed by atoms with Crippen molar-refractivity contribution in [3.8, 4) is 0 Å². The van der Waals surface area contributed by atoms with Gasteiger partial charge >= 0.3 is 0 Å². The van der Waals surface area contributed by atoms with Crippen molar-refractivity contribution in [3.63, 3.8) is 0 Å². The SMILES string of the molecule is CCCCC1C(c2ccc(F)cc2)=NN(c2ccc(F)cc2F)C1(C)C(=O)NCCOC. The highest BCUT2D eigenvalue weighted by Gasteiger charge is 2.54. The fourth-order valence-electron chi connectivity index (χ4n) is 4.06. The Hall–Kier alpha value is -2.87. The first-order valence-electron chi connectivity index (χ1n) is 10.7. The summed E-state index contributed by atoms with van der Waals surface area (Å²) < 4.78 is 47.0. The molecule has 0 fully saturated rings. The molecule has 1 amide bonds. The number of halogens is 3. The van der Waals surface area contributed by atoms with Crippen LogP contribution in [-0.2, 0) is 9.53 Å². The molecule has 1 heterocycles. The highest BCUT2D eigenvalue weighted by atomic mass is 19.1. The van der Waals surface area contributed by atoms with Crippen molar-refractivity contribution in [2.45, 2.75) is 38.6 Å². The second kappa shape index (κ2) is 10.2. The fourth-order valence-corrected chi connectivity index (χ4v) is 4.06. The molecule has 172 valence electrons. The molecule has 0 aliphatic carbocycles. The van der Waals surface area contributed by atoms with Crippen LogP contribution in [0.4, 0.5) is 18.9 Å². The van der Waals surface area contributed by atoms with Gasteiger partial charge in [-0.3, -0.25) is 4.79 Å². The number of hydrogen-bond acceptors (Lipinski definition) is 4. The van der Waals surface area contributed by atoms with Crippen molar-refractivity contribution in [2.24, 2.45) is 11.0 Å². The lowest BCUT2D eigenvalue weighted by atomic mass is 9.77. The Morgan fingerprint density at radius 1 is 1.16 bits per heavy atom. The molecule has 5 nitrogen and oxygen atoms in total. The predicted molar refractivity (Wildman–Crippen MR) is 118 cm³/mol. The molecule has 0 saturated carbocycles. The molecular formula is C24H28F3N3O2. The van der Waals surface area contributed by atoms with Crippen LogP contribution in [0.5, 0.6) is 0 Å². The Kier molecular flexibility index (Phi) is 7.56. The average Bonchev–Trinajstić information content (AvgIpc) is 3.06. The molecule has 8 heteroatoms. The van der Waals surface area contributed by atoms with Gasteiger partial charge in [0, 0.05) is 25.6 Å². The van der Waals surface area contributed by atoms with E-state index < -0.39 is 23.1 Å². The number of anilines is 1. The standard InChI is InChI=1S/C24H28F3N3O2/c1-4-5-6-19-22(16-7-9-17(25)10-8-16)29-30(21-12-11-18(26)15-20(21)27)24(19,2)23(31)28-13-14-32-3/h7-12,15,19H,4-6,13-14H2,1-3H3,(H,28,31). The van der Waals surface area contributed by atoms with Crippen LogP contribution in [0.25, 0.3) is 0 Å². The molecule has 3 rings (SSSR count). The van der Waals surface area contributed by atoms with E-state index in [9.17, 15) is 18.0 Å². The molecule has 0 radical (unpaired) electrons. The van der Waals surface area contributed by atoms with Gasteiger partial charge < -0.3 is 10.1 Å². The maximum atomic E-state index is 14.8. The smallest absolute Gasteiger partial charge is 0.248 e. The van der Waals surface area contributed by atoms with Gasteiger partial charge in [0.25, 0.3) is 0 Å². The minimum Gasteiger partial charge on any atom is -0.383 e. The van der Waals surface area contributed by atoms with Gasteiger partial charge in [-0.1, -0.05) is 31.9 Å². The van der Waals surface area contributed by atoms with Gasteiger partial charge in [-0.15, -0.1) is 0 Å². The molecule has 32 heavy (non-hydrogen) atoms. The minimum absolute atomic E-state index is 0.00518. The molecule has 1 aliphatic rings. The minimum atomic E-state index is -1.29. The van der Waals surface area contributed by atoms with E-state index in [0.29, 0.717) is 24.3 Å². The van der Waals surface area contributed by atoms with Gasteiger partial charge in [-0.2, -0.15) is 5.10 Å². The maximum Gasteiger partial charge on any atom is 0.248 e. The number of hydrazone groups is 1. The van der Waals surface area contributed by atoms with E-state index in [2.05, 4.69) is 10.4 Å². The van der Waals surface area contributed by atoms with Crippen LogP contribution in [0.3, 0.4) is 0 Å². The third-order valence-electron chi connectivity index (χ3n) is 5.83. The number of carbonyl (C=O) groups excluding carboxylic acids is 1. The zero-order valence-electron chi connectivity index (χ0n) is 18.5. The largest absolute Gasteiger partial charge is 0.383 e. The number of nitrogens with one attached hydrogen (secondary N) is 1. The van der Waals surface area contributed by atoms with Gasteiger partial charge in [0.2, 0.25) is 5.91 Å². The second-order valence-corrected chi connectivity index (χ2v) is 7.99. The molecule has 0 saturated heterocycles. The zero-order chi connectivity index (χ0) is 23.3. The quantitative estimate of drug-likeness (QED) is 0.569. The number of ether oxygens (including phenoxy) is 1. The van der Waals surface area contributed by atoms with Crippen LogP contribution < -0.4 is 10.3 Å². The number of hydrogen-bond donors (Lipinski definition) is 1. The number of amides is 1. The number of unbranched alkanes of at least 4 members (excludes halogenated alkanes) is 1. The zero-order valence-corrected chi connectivity index (χ0v) is 18.5. The van der Waals surface area contributed by atoms with E-state index in [1.165, 1.54) is 30.3 Å². The first-order chi connectivity index (χ1) is 15.3. The maximum absolute atomic E-state index is 14.8. The van der Waals surface area contributed by atoms with Crippen molar-refractivity contribution in [3.05, 3.63) is 65.5 Å². The van der Waals surface area contributed by atoms with Crippen LogP contribution in [0.15, 0.2) is 47.6 Å². The lowest BCUT2D eigenvalue weighted by Crippen LogP contribution is -2.58. The summed E-state index contributed by atoms with van der Waals surface area (Å²) in [6.45, 7) is 4.34. The molecular weight excluding hydrogens is 419 g/mol. The van der Waals surface area contributed by atoms with Gasteiger partial charge in [0.15, 0.2) is 5.82 Å². The Morgan fingerprint density at radius 3 is 2.47 bits per heavy atom. The average molecular weight is 448 g/mol. The van der Waals surface area contributed by atoms with E-state index in [1.807, 2.05) is 6.92 Å². The van der Waals surface area contributed by atoms with E-state index in [0.717, 1.165) is 25.0 Å². The Bertz CT molecular complexity index is 981. The Morgan fingerprint density at radius 2 is 1.84 bits per heavy atom. The normalized spacial score (nSPS) is 20.4. The van der Waals surface area contributed by atoms with Crippen molar-refractivity contribution in [2.75, 3.05) is 25.3 Å². The van der Waals surface area contributed by atoms with Gasteiger partial charge in [-0.05, 0) is 43.2 Å². The lowest BCUT2D eigenvalue weighted by molar-refractivity contribution is -0.127. The molecule has 2 unspecified atom stereocenters. The van der Waals surface area contributed by atoms with Gasteiger partial charge in [-0.25, -0.2) is 18.2 Å². The molecule has 2 atom stereocenters. The van der Waals surface area contributed by atoms with Crippen LogP contribution in [0, 0.1) is 23.4 Å². The van der Waals surface area contributed by atoms with Crippen molar-refractivity contribution >= 4 is 17.3 Å². The molecule has 0 bridgehead atoms. The summed E-state index contributed by atoms with van der Waals surface area (Å²) >= 11 is 0. The molecule has 2 aromatic rings. The molecule has 2 aromatic carbocycles. The van der Waals surface area contributed by atoms with E-state index >= 15 is 0 Å². The Labute approximate surface area is 186 Å². The molecule has 1 aliphatic heterocycles. The summed E-state index contributed by atoms with van der Waals surface area (Å²) in [5, 5.41) is 8.84. The third kappa shape index (κ3) is 4.65. The molecule has 0 aromatic heterocycles. The summed E-state index contributed by atoms with van der Waals surface area (Å²) in [4.78, 5) is 13.5. The fraction of sp³-hybridized carbons (Fsp3) is 0.417. The summed E-state index contributed by atoms with van der Waals surface area (Å²) in [5.41, 5.74) is -0.0833. The number of benzene rings is 2. The van der Waals surface area contributed by atoms with E-state index in [-0.39, 0.29) is 24.0 Å². The first kappa shape index (κ1) is 23.8. The van der Waals surface area contributed by atoms with E-state index in [1.54, 1.807) is 19.1 Å². The monoisotopic (exact) mass is 447 g/mol. The van der Waals surface area contributed by atoms with Crippen molar-refractivity contribution in [1.82, 2.24) is 5.32 Å². The highest BCUT2D eigenvalue weighted by molar-refractivity contribution is 6.10. The van der Waals surface area contributed by atoms with E-state index in [4.69, 9.17) is 4.74 Å². The topological polar surface area (TPSA) is 53.9 Å². The number of nitrogens with zero attached hydrogens (tertiary/aromatic N) is 2.